The van der Waals surface area contributed by atoms with Gasteiger partial charge in [-0.05, 0) is 49.5 Å². The average Bonchev–Trinajstić information content (AvgIpc) is 3.22. The van der Waals surface area contributed by atoms with Crippen LogP contribution in [-0.2, 0) is 28.2 Å². The molecule has 2 aliphatic rings. The van der Waals surface area contributed by atoms with Crippen molar-refractivity contribution in [3.8, 4) is 0 Å². The van der Waals surface area contributed by atoms with Crippen LogP contribution in [0.1, 0.15) is 66.6 Å². The molecule has 0 unspecified atom stereocenters. The van der Waals surface area contributed by atoms with Gasteiger partial charge in [-0.1, -0.05) is 71.0 Å². The Morgan fingerprint density at radius 1 is 1.17 bits per heavy atom. The molecule has 1 N–H and O–H groups in total. The summed E-state index contributed by atoms with van der Waals surface area (Å²) in [5.41, 5.74) is 1.32. The normalized spacial score (nSPS) is 29.7. The smallest absolute Gasteiger partial charge is 0.417 e. The molecule has 10 heteroatoms. The van der Waals surface area contributed by atoms with Crippen molar-refractivity contribution in [2.24, 2.45) is 11.8 Å². The second kappa shape index (κ2) is 13.7. The Bertz CT molecular complexity index is 1100. The zero-order valence-corrected chi connectivity index (χ0v) is 28.1. The molecule has 2 saturated heterocycles. The number of ether oxygens (including phenoxy) is 4. The second-order valence-electron chi connectivity index (χ2n) is 13.4. The summed E-state index contributed by atoms with van der Waals surface area (Å²) in [5, 5.41) is 11.3. The van der Waals surface area contributed by atoms with Gasteiger partial charge in [-0.15, -0.1) is 0 Å². The van der Waals surface area contributed by atoms with Gasteiger partial charge in [0.2, 0.25) is 0 Å². The molecule has 3 rings (SSSR count). The van der Waals surface area contributed by atoms with Crippen molar-refractivity contribution in [3.63, 3.8) is 0 Å². The second-order valence-corrected chi connectivity index (χ2v) is 18.1. The molecule has 0 saturated carbocycles. The predicted molar refractivity (Wildman–Crippen MR) is 163 cm³/mol. The lowest BCUT2D eigenvalue weighted by Gasteiger charge is -2.46. The van der Waals surface area contributed by atoms with Crippen LogP contribution in [-0.4, -0.2) is 81.3 Å². The molecule has 9 atom stereocenters. The summed E-state index contributed by atoms with van der Waals surface area (Å²) in [6, 6.07) is 8.70. The van der Waals surface area contributed by atoms with E-state index in [4.69, 9.17) is 23.4 Å². The number of amides is 2. The Morgan fingerprint density at radius 3 is 2.33 bits per heavy atom. The van der Waals surface area contributed by atoms with Crippen molar-refractivity contribution in [3.05, 3.63) is 47.5 Å². The van der Waals surface area contributed by atoms with E-state index in [-0.39, 0.29) is 35.4 Å². The van der Waals surface area contributed by atoms with Gasteiger partial charge >= 0.3 is 6.09 Å². The van der Waals surface area contributed by atoms with Gasteiger partial charge in [0.05, 0.1) is 18.2 Å². The van der Waals surface area contributed by atoms with Crippen LogP contribution in [0.15, 0.2) is 42.0 Å². The van der Waals surface area contributed by atoms with E-state index in [1.807, 2.05) is 43.3 Å². The molecule has 0 aromatic heterocycles. The first-order valence-electron chi connectivity index (χ1n) is 14.9. The van der Waals surface area contributed by atoms with E-state index in [9.17, 15) is 14.7 Å². The van der Waals surface area contributed by atoms with E-state index in [0.29, 0.717) is 5.57 Å². The highest BCUT2D eigenvalue weighted by atomic mass is 28.4. The summed E-state index contributed by atoms with van der Waals surface area (Å²) < 4.78 is 30.1. The Balaban J connectivity index is 1.76. The van der Waals surface area contributed by atoms with Crippen LogP contribution in [0.4, 0.5) is 4.79 Å². The predicted octanol–water partition coefficient (Wildman–Crippen LogP) is 5.84. The van der Waals surface area contributed by atoms with Crippen LogP contribution in [0.5, 0.6) is 0 Å². The van der Waals surface area contributed by atoms with E-state index < -0.39 is 44.7 Å². The van der Waals surface area contributed by atoms with Crippen LogP contribution in [0, 0.1) is 11.8 Å². The van der Waals surface area contributed by atoms with Crippen LogP contribution < -0.4 is 0 Å². The topological polar surface area (TPSA) is 104 Å². The number of aliphatic hydroxyl groups is 1. The molecule has 9 nitrogen and oxygen atoms in total. The fraction of sp³-hybridized carbons (Fsp3) is 0.688. The number of cyclic esters (lactones) is 1. The Hall–Kier alpha value is -2.08. The molecule has 0 bridgehead atoms. The number of aliphatic hydroxyl groups excluding tert-OH is 1. The minimum absolute atomic E-state index is 0.0397. The highest BCUT2D eigenvalue weighted by Gasteiger charge is 2.48. The van der Waals surface area contributed by atoms with Gasteiger partial charge in [-0.25, -0.2) is 9.69 Å². The maximum absolute atomic E-state index is 13.6. The number of benzene rings is 1. The standard InChI is InChI=1S/C32H51NO8Si/c1-19(17-20(2)26-24(37-8)18-21(3)30(39-26)41-42(10,11)32(5,6)7)25(34)28(38-9)29(35)33-22(4)27(40-31(33)36)23-15-13-12-14-16-23/h12-17,20-22,24-28,30,34H,18H2,1-11H3/b19-17+/t20-,21-,22+,24-,25-,26+,27+,28+,30+/m0/s1. The number of carbonyl (C=O) groups is 2. The van der Waals surface area contributed by atoms with Gasteiger partial charge in [0, 0.05) is 26.1 Å². The molecule has 2 amide bonds. The Kier molecular flexibility index (Phi) is 11.2. The number of rotatable bonds is 10. The number of hydrogen-bond donors (Lipinski definition) is 1. The van der Waals surface area contributed by atoms with E-state index in [0.717, 1.165) is 16.9 Å². The highest BCUT2D eigenvalue weighted by Crippen LogP contribution is 2.41. The number of methoxy groups -OCH3 is 2. The van der Waals surface area contributed by atoms with Gasteiger partial charge in [-0.2, -0.15) is 0 Å². The summed E-state index contributed by atoms with van der Waals surface area (Å²) in [4.78, 5) is 27.4. The van der Waals surface area contributed by atoms with Crippen molar-refractivity contribution >= 4 is 20.3 Å². The van der Waals surface area contributed by atoms with Gasteiger partial charge < -0.3 is 28.5 Å². The van der Waals surface area contributed by atoms with Crippen LogP contribution in [0.2, 0.25) is 18.1 Å². The minimum Gasteiger partial charge on any atom is -0.439 e. The molecule has 0 radical (unpaired) electrons. The Morgan fingerprint density at radius 2 is 1.79 bits per heavy atom. The van der Waals surface area contributed by atoms with Crippen molar-refractivity contribution in [2.75, 3.05) is 14.2 Å². The fourth-order valence-corrected chi connectivity index (χ4v) is 6.71. The molecule has 2 aliphatic heterocycles. The molecule has 42 heavy (non-hydrogen) atoms. The minimum atomic E-state index is -2.08. The van der Waals surface area contributed by atoms with Crippen molar-refractivity contribution in [1.82, 2.24) is 4.90 Å². The Labute approximate surface area is 252 Å². The monoisotopic (exact) mass is 605 g/mol. The van der Waals surface area contributed by atoms with E-state index >= 15 is 0 Å². The first-order valence-corrected chi connectivity index (χ1v) is 17.8. The van der Waals surface area contributed by atoms with Crippen molar-refractivity contribution < 1.29 is 38.1 Å². The summed E-state index contributed by atoms with van der Waals surface area (Å²) in [6.07, 6.45) is -2.13. The van der Waals surface area contributed by atoms with Gasteiger partial charge in [0.1, 0.15) is 12.2 Å². The molecular formula is C32H51NO8Si. The summed E-state index contributed by atoms with van der Waals surface area (Å²) in [5.74, 6) is -0.671. The lowest BCUT2D eigenvalue weighted by molar-refractivity contribution is -0.229. The molecule has 2 fully saturated rings. The molecule has 1 aromatic carbocycles. The van der Waals surface area contributed by atoms with E-state index in [2.05, 4.69) is 40.8 Å². The lowest BCUT2D eigenvalue weighted by Crippen LogP contribution is -2.53. The third kappa shape index (κ3) is 7.34. The van der Waals surface area contributed by atoms with Crippen LogP contribution in [0.3, 0.4) is 0 Å². The maximum atomic E-state index is 13.6. The van der Waals surface area contributed by atoms with Crippen LogP contribution in [0.25, 0.3) is 0 Å². The SMILES string of the molecule is CO[C@H]1C[C@H](C)[C@@H](O[Si](C)(C)C(C)(C)C)O[C@@H]1[C@@H](C)/C=C(\C)[C@H](O)[C@@H](OC)C(=O)N1C(=O)O[C@@H](c2ccccc2)[C@H]1C. The van der Waals surface area contributed by atoms with E-state index in [1.54, 1.807) is 21.0 Å². The quantitative estimate of drug-likeness (QED) is 0.262. The molecule has 0 spiro atoms. The summed E-state index contributed by atoms with van der Waals surface area (Å²) in [7, 11) is 0.944. The number of nitrogens with zero attached hydrogens (tertiary/aromatic N) is 1. The van der Waals surface area contributed by atoms with Crippen molar-refractivity contribution in [1.29, 1.82) is 0 Å². The number of carbonyl (C=O) groups excluding carboxylic acids is 2. The molecule has 1 aromatic rings. The first kappa shape index (κ1) is 34.4. The molecule has 2 heterocycles. The highest BCUT2D eigenvalue weighted by molar-refractivity contribution is 6.74. The lowest BCUT2D eigenvalue weighted by atomic mass is 9.87. The molecular weight excluding hydrogens is 554 g/mol. The largest absolute Gasteiger partial charge is 0.439 e. The zero-order chi connectivity index (χ0) is 31.6. The zero-order valence-electron chi connectivity index (χ0n) is 27.1. The van der Waals surface area contributed by atoms with E-state index in [1.165, 1.54) is 7.11 Å². The fourth-order valence-electron chi connectivity index (χ4n) is 5.49. The average molecular weight is 606 g/mol. The van der Waals surface area contributed by atoms with Gasteiger partial charge in [-0.3, -0.25) is 4.79 Å². The summed E-state index contributed by atoms with van der Waals surface area (Å²) >= 11 is 0. The number of imide groups is 1. The third-order valence-corrected chi connectivity index (χ3v) is 13.6. The summed E-state index contributed by atoms with van der Waals surface area (Å²) in [6.45, 7) is 18.7. The first-order chi connectivity index (χ1) is 19.5. The van der Waals surface area contributed by atoms with Gasteiger partial charge in [0.15, 0.2) is 20.7 Å². The third-order valence-electron chi connectivity index (χ3n) is 9.18. The van der Waals surface area contributed by atoms with Crippen LogP contribution >= 0.6 is 0 Å². The maximum Gasteiger partial charge on any atom is 0.417 e. The van der Waals surface area contributed by atoms with Crippen molar-refractivity contribution in [2.45, 2.75) is 116 Å². The number of hydrogen-bond acceptors (Lipinski definition) is 8. The molecule has 0 aliphatic carbocycles. The molecule has 236 valence electrons. The van der Waals surface area contributed by atoms with Gasteiger partial charge in [0.25, 0.3) is 5.91 Å².